The Hall–Kier alpha value is -0.423. The van der Waals surface area contributed by atoms with Crippen molar-refractivity contribution in [3.8, 4) is 12.0 Å². The summed E-state index contributed by atoms with van der Waals surface area (Å²) in [7, 11) is -1.62. The quantitative estimate of drug-likeness (QED) is 0.448. The van der Waals surface area contributed by atoms with E-state index in [1.54, 1.807) is 0 Å². The van der Waals surface area contributed by atoms with Crippen molar-refractivity contribution in [1.82, 2.24) is 0 Å². The maximum absolute atomic E-state index is 5.61. The van der Waals surface area contributed by atoms with Crippen LogP contribution in [0, 0.1) is 12.0 Å². The summed E-state index contributed by atoms with van der Waals surface area (Å²) in [5.41, 5.74) is 0. The summed E-state index contributed by atoms with van der Waals surface area (Å²) >= 11 is 0. The van der Waals surface area contributed by atoms with Crippen molar-refractivity contribution < 1.29 is 4.43 Å². The van der Waals surface area contributed by atoms with E-state index in [1.807, 2.05) is 6.92 Å². The minimum atomic E-state index is -1.62. The summed E-state index contributed by atoms with van der Waals surface area (Å²) in [5.74, 6) is 2.94. The SMILES string of the molecule is CCC#CO[Si](C)(C)C(C)(C)C. The lowest BCUT2D eigenvalue weighted by atomic mass is 10.2. The third-order valence-electron chi connectivity index (χ3n) is 2.36. The highest BCUT2D eigenvalue weighted by Crippen LogP contribution is 2.36. The van der Waals surface area contributed by atoms with Crippen molar-refractivity contribution in [2.75, 3.05) is 0 Å². The summed E-state index contributed by atoms with van der Waals surface area (Å²) in [6.45, 7) is 13.1. The summed E-state index contributed by atoms with van der Waals surface area (Å²) in [5, 5.41) is 0.259. The van der Waals surface area contributed by atoms with Gasteiger partial charge in [-0.25, -0.2) is 0 Å². The zero-order chi connectivity index (χ0) is 9.83. The van der Waals surface area contributed by atoms with Crippen molar-refractivity contribution in [2.45, 2.75) is 52.2 Å². The summed E-state index contributed by atoms with van der Waals surface area (Å²) in [6.07, 6.45) is 3.66. The van der Waals surface area contributed by atoms with E-state index in [1.165, 1.54) is 0 Å². The molecule has 0 aromatic carbocycles. The second-order valence-electron chi connectivity index (χ2n) is 4.49. The minimum absolute atomic E-state index is 0.259. The van der Waals surface area contributed by atoms with Crippen molar-refractivity contribution in [3.05, 3.63) is 0 Å². The highest BCUT2D eigenvalue weighted by Gasteiger charge is 2.38. The fourth-order valence-corrected chi connectivity index (χ4v) is 1.02. The summed E-state index contributed by atoms with van der Waals surface area (Å²) in [4.78, 5) is 0. The lowest BCUT2D eigenvalue weighted by Crippen LogP contribution is -2.39. The third-order valence-corrected chi connectivity index (χ3v) is 6.59. The molecule has 1 nitrogen and oxygen atoms in total. The molecular formula is C10H20OSi. The Morgan fingerprint density at radius 2 is 1.75 bits per heavy atom. The van der Waals surface area contributed by atoms with Gasteiger partial charge in [0.05, 0.1) is 6.11 Å². The Labute approximate surface area is 77.6 Å². The Kier molecular flexibility index (Phi) is 3.86. The van der Waals surface area contributed by atoms with E-state index in [4.69, 9.17) is 4.43 Å². The van der Waals surface area contributed by atoms with Crippen molar-refractivity contribution in [3.63, 3.8) is 0 Å². The van der Waals surface area contributed by atoms with Gasteiger partial charge in [-0.05, 0) is 18.1 Å². The van der Waals surface area contributed by atoms with Crippen molar-refractivity contribution >= 4 is 8.32 Å². The van der Waals surface area contributed by atoms with Crippen LogP contribution in [0.2, 0.25) is 18.1 Å². The fourth-order valence-electron chi connectivity index (χ4n) is 0.389. The van der Waals surface area contributed by atoms with E-state index in [0.717, 1.165) is 6.42 Å². The second kappa shape index (κ2) is 4.00. The van der Waals surface area contributed by atoms with Gasteiger partial charge in [0.2, 0.25) is 0 Å². The molecule has 0 saturated carbocycles. The largest absolute Gasteiger partial charge is 0.500 e. The summed E-state index contributed by atoms with van der Waals surface area (Å²) in [6, 6.07) is 0. The molecule has 0 spiro atoms. The highest BCUT2D eigenvalue weighted by atomic mass is 28.4. The first-order valence-corrected chi connectivity index (χ1v) is 7.38. The average Bonchev–Trinajstić information content (AvgIpc) is 1.85. The van der Waals surface area contributed by atoms with E-state index < -0.39 is 8.32 Å². The zero-order valence-corrected chi connectivity index (χ0v) is 10.1. The van der Waals surface area contributed by atoms with Crippen LogP contribution in [-0.2, 0) is 4.43 Å². The molecule has 0 heterocycles. The predicted molar refractivity (Wildman–Crippen MR) is 56.3 cm³/mol. The first kappa shape index (κ1) is 11.6. The average molecular weight is 184 g/mol. The van der Waals surface area contributed by atoms with Crippen LogP contribution < -0.4 is 0 Å². The van der Waals surface area contributed by atoms with Crippen molar-refractivity contribution in [1.29, 1.82) is 0 Å². The molecule has 12 heavy (non-hydrogen) atoms. The standard InChI is InChI=1S/C10H20OSi/c1-7-8-9-11-12(5,6)10(2,3)4/h7H2,1-6H3. The van der Waals surface area contributed by atoms with Gasteiger partial charge in [-0.15, -0.1) is 0 Å². The molecule has 0 saturated heterocycles. The molecule has 0 rings (SSSR count). The van der Waals surface area contributed by atoms with Crippen LogP contribution in [0.25, 0.3) is 0 Å². The van der Waals surface area contributed by atoms with E-state index in [-0.39, 0.29) is 5.04 Å². The van der Waals surface area contributed by atoms with Crippen LogP contribution >= 0.6 is 0 Å². The molecule has 0 aromatic rings. The number of hydrogen-bond acceptors (Lipinski definition) is 1. The Balaban J connectivity index is 4.23. The van der Waals surface area contributed by atoms with Gasteiger partial charge in [0, 0.05) is 6.42 Å². The first-order chi connectivity index (χ1) is 5.31. The smallest absolute Gasteiger partial charge is 0.264 e. The van der Waals surface area contributed by atoms with Gasteiger partial charge < -0.3 is 4.43 Å². The second-order valence-corrected chi connectivity index (χ2v) is 9.22. The van der Waals surface area contributed by atoms with Crippen LogP contribution in [0.15, 0.2) is 0 Å². The maximum Gasteiger partial charge on any atom is 0.264 e. The molecule has 0 aromatic heterocycles. The van der Waals surface area contributed by atoms with E-state index >= 15 is 0 Å². The van der Waals surface area contributed by atoms with Gasteiger partial charge in [0.15, 0.2) is 0 Å². The molecule has 2 heteroatoms. The van der Waals surface area contributed by atoms with Crippen LogP contribution in [0.5, 0.6) is 0 Å². The molecule has 0 aliphatic rings. The predicted octanol–water partition coefficient (Wildman–Crippen LogP) is 3.38. The first-order valence-electron chi connectivity index (χ1n) is 4.47. The number of hydrogen-bond donors (Lipinski definition) is 0. The number of rotatable bonds is 1. The summed E-state index contributed by atoms with van der Waals surface area (Å²) < 4.78 is 5.61. The topological polar surface area (TPSA) is 9.23 Å². The Bertz CT molecular complexity index is 190. The minimum Gasteiger partial charge on any atom is -0.500 e. The molecule has 0 fully saturated rings. The molecule has 0 radical (unpaired) electrons. The van der Waals surface area contributed by atoms with E-state index in [0.29, 0.717) is 0 Å². The van der Waals surface area contributed by atoms with E-state index in [2.05, 4.69) is 45.9 Å². The lowest BCUT2D eigenvalue weighted by molar-refractivity contribution is 0.460. The molecule has 0 aliphatic carbocycles. The molecular weight excluding hydrogens is 164 g/mol. The van der Waals surface area contributed by atoms with Crippen LogP contribution in [0.1, 0.15) is 34.1 Å². The van der Waals surface area contributed by atoms with Gasteiger partial charge in [0.25, 0.3) is 8.32 Å². The molecule has 0 atom stereocenters. The molecule has 70 valence electrons. The third kappa shape index (κ3) is 3.32. The molecule has 0 amide bonds. The Morgan fingerprint density at radius 3 is 2.08 bits per heavy atom. The van der Waals surface area contributed by atoms with Gasteiger partial charge in [-0.1, -0.05) is 33.6 Å². The van der Waals surface area contributed by atoms with Crippen LogP contribution in [0.3, 0.4) is 0 Å². The maximum atomic E-state index is 5.61. The molecule has 0 N–H and O–H groups in total. The molecule has 0 bridgehead atoms. The molecule has 0 aliphatic heterocycles. The van der Waals surface area contributed by atoms with Crippen LogP contribution in [0.4, 0.5) is 0 Å². The van der Waals surface area contributed by atoms with E-state index in [9.17, 15) is 0 Å². The Morgan fingerprint density at radius 1 is 1.25 bits per heavy atom. The molecule has 0 unspecified atom stereocenters. The van der Waals surface area contributed by atoms with Crippen LogP contribution in [-0.4, -0.2) is 8.32 Å². The van der Waals surface area contributed by atoms with Gasteiger partial charge >= 0.3 is 0 Å². The monoisotopic (exact) mass is 184 g/mol. The fraction of sp³-hybridized carbons (Fsp3) is 0.800. The zero-order valence-electron chi connectivity index (χ0n) is 9.12. The highest BCUT2D eigenvalue weighted by molar-refractivity contribution is 6.74. The van der Waals surface area contributed by atoms with Gasteiger partial charge in [0.1, 0.15) is 0 Å². The normalized spacial score (nSPS) is 11.8. The van der Waals surface area contributed by atoms with Crippen molar-refractivity contribution in [2.24, 2.45) is 0 Å². The van der Waals surface area contributed by atoms with Gasteiger partial charge in [-0.3, -0.25) is 0 Å². The van der Waals surface area contributed by atoms with Gasteiger partial charge in [-0.2, -0.15) is 0 Å². The lowest BCUT2D eigenvalue weighted by Gasteiger charge is -2.33.